The fourth-order valence-corrected chi connectivity index (χ4v) is 6.53. The highest BCUT2D eigenvalue weighted by Crippen LogP contribution is 2.41. The summed E-state index contributed by atoms with van der Waals surface area (Å²) in [5.74, 6) is -2.65. The third-order valence-electron chi connectivity index (χ3n) is 8.72. The van der Waals surface area contributed by atoms with Crippen LogP contribution in [-0.4, -0.2) is 59.3 Å². The minimum Gasteiger partial charge on any atom is -0.368 e. The van der Waals surface area contributed by atoms with Crippen LogP contribution >= 0.6 is 0 Å². The van der Waals surface area contributed by atoms with Crippen LogP contribution in [-0.2, 0) is 16.1 Å². The average Bonchev–Trinajstić information content (AvgIpc) is 3.59. The molecular weight excluding hydrogens is 466 g/mol. The van der Waals surface area contributed by atoms with Gasteiger partial charge in [0.15, 0.2) is 0 Å². The number of nitrogens with one attached hydrogen (secondary N) is 2. The van der Waals surface area contributed by atoms with Gasteiger partial charge in [0.2, 0.25) is 11.8 Å². The molecule has 36 heavy (non-hydrogen) atoms. The number of amides is 3. The number of halogens is 2. The molecule has 2 aliphatic heterocycles. The maximum absolute atomic E-state index is 13.3. The summed E-state index contributed by atoms with van der Waals surface area (Å²) >= 11 is 0. The molecule has 0 radical (unpaired) electrons. The lowest BCUT2D eigenvalue weighted by atomic mass is 9.84. The first-order valence-corrected chi connectivity index (χ1v) is 13.4. The highest BCUT2D eigenvalue weighted by molar-refractivity contribution is 6.06. The van der Waals surface area contributed by atoms with Crippen LogP contribution in [0.2, 0.25) is 0 Å². The van der Waals surface area contributed by atoms with Gasteiger partial charge in [0.1, 0.15) is 6.04 Å². The minimum absolute atomic E-state index is 0.0470. The van der Waals surface area contributed by atoms with E-state index < -0.39 is 12.0 Å². The first kappa shape index (κ1) is 23.8. The number of benzene rings is 1. The molecule has 4 fully saturated rings. The van der Waals surface area contributed by atoms with Crippen molar-refractivity contribution in [3.63, 3.8) is 0 Å². The highest BCUT2D eigenvalue weighted by atomic mass is 19.3. The van der Waals surface area contributed by atoms with Crippen LogP contribution in [0.15, 0.2) is 18.2 Å². The second kappa shape index (κ2) is 9.08. The van der Waals surface area contributed by atoms with Crippen molar-refractivity contribution in [3.8, 4) is 0 Å². The lowest BCUT2D eigenvalue weighted by molar-refractivity contribution is -0.136. The molecule has 2 N–H and O–H groups in total. The second-order valence-corrected chi connectivity index (χ2v) is 11.4. The van der Waals surface area contributed by atoms with Crippen LogP contribution in [0.25, 0.3) is 0 Å². The Kier molecular flexibility index (Phi) is 6.01. The Morgan fingerprint density at radius 3 is 2.42 bits per heavy atom. The van der Waals surface area contributed by atoms with Gasteiger partial charge in [-0.15, -0.1) is 0 Å². The van der Waals surface area contributed by atoms with Crippen LogP contribution in [0.1, 0.15) is 80.1 Å². The van der Waals surface area contributed by atoms with Crippen molar-refractivity contribution in [1.29, 1.82) is 0 Å². The number of carbonyl (C=O) groups excluding carboxylic acids is 3. The number of fused-ring (bicyclic) bond motifs is 1. The number of rotatable bonds is 7. The van der Waals surface area contributed by atoms with Crippen molar-refractivity contribution in [2.75, 3.05) is 11.4 Å². The van der Waals surface area contributed by atoms with E-state index in [-0.39, 0.29) is 49.1 Å². The molecule has 1 unspecified atom stereocenters. The fourth-order valence-electron chi connectivity index (χ4n) is 6.53. The summed E-state index contributed by atoms with van der Waals surface area (Å²) in [5.41, 5.74) is 2.71. The van der Waals surface area contributed by atoms with Gasteiger partial charge >= 0.3 is 0 Å². The number of piperidine rings is 1. The molecule has 9 heteroatoms. The van der Waals surface area contributed by atoms with Gasteiger partial charge in [-0.2, -0.15) is 0 Å². The molecule has 1 aromatic rings. The van der Waals surface area contributed by atoms with Crippen LogP contribution in [0.3, 0.4) is 0 Å². The first-order valence-electron chi connectivity index (χ1n) is 13.4. The average molecular weight is 501 g/mol. The van der Waals surface area contributed by atoms with Crippen LogP contribution in [0.4, 0.5) is 14.5 Å². The minimum atomic E-state index is -2.50. The van der Waals surface area contributed by atoms with Crippen LogP contribution < -0.4 is 15.5 Å². The molecule has 6 rings (SSSR count). The maximum atomic E-state index is 13.3. The zero-order chi connectivity index (χ0) is 25.0. The normalized spacial score (nSPS) is 30.1. The molecular formula is C27H34F2N4O3. The summed E-state index contributed by atoms with van der Waals surface area (Å²) in [4.78, 5) is 41.5. The molecule has 3 aliphatic carbocycles. The fraction of sp³-hybridized carbons (Fsp3) is 0.667. The Morgan fingerprint density at radius 1 is 1.00 bits per heavy atom. The van der Waals surface area contributed by atoms with Gasteiger partial charge in [-0.25, -0.2) is 8.78 Å². The molecule has 0 bridgehead atoms. The molecule has 194 valence electrons. The van der Waals surface area contributed by atoms with Gasteiger partial charge in [0.05, 0.1) is 0 Å². The monoisotopic (exact) mass is 500 g/mol. The third-order valence-corrected chi connectivity index (χ3v) is 8.72. The summed E-state index contributed by atoms with van der Waals surface area (Å²) in [5, 5.41) is 5.83. The zero-order valence-electron chi connectivity index (χ0n) is 20.5. The van der Waals surface area contributed by atoms with Gasteiger partial charge in [0.25, 0.3) is 11.8 Å². The first-order chi connectivity index (χ1) is 17.3. The quantitative estimate of drug-likeness (QED) is 0.561. The SMILES string of the molecule is O=C1CCC(N2Cc3c(cccc3N(CC3CC3)C3CCC(NC4CC(F)(F)C4)CC3)C2=O)C(=O)N1. The van der Waals surface area contributed by atoms with Gasteiger partial charge in [-0.3, -0.25) is 19.7 Å². The van der Waals surface area contributed by atoms with Crippen LogP contribution in [0, 0.1) is 5.92 Å². The molecule has 5 aliphatic rings. The third kappa shape index (κ3) is 4.62. The predicted octanol–water partition coefficient (Wildman–Crippen LogP) is 3.36. The number of carbonyl (C=O) groups is 3. The number of hydrogen-bond acceptors (Lipinski definition) is 5. The summed E-state index contributed by atoms with van der Waals surface area (Å²) in [7, 11) is 0. The van der Waals surface area contributed by atoms with E-state index in [1.807, 2.05) is 12.1 Å². The maximum Gasteiger partial charge on any atom is 0.255 e. The molecule has 3 saturated carbocycles. The largest absolute Gasteiger partial charge is 0.368 e. The lowest BCUT2D eigenvalue weighted by Crippen LogP contribution is -2.53. The number of hydrogen-bond donors (Lipinski definition) is 2. The van der Waals surface area contributed by atoms with Gasteiger partial charge in [0, 0.05) is 67.3 Å². The Morgan fingerprint density at radius 2 is 1.75 bits per heavy atom. The van der Waals surface area contributed by atoms with Gasteiger partial charge < -0.3 is 15.1 Å². The topological polar surface area (TPSA) is 81.8 Å². The van der Waals surface area contributed by atoms with E-state index in [1.165, 1.54) is 12.8 Å². The zero-order valence-corrected chi connectivity index (χ0v) is 20.5. The molecule has 3 amide bonds. The van der Waals surface area contributed by atoms with Gasteiger partial charge in [-0.05, 0) is 63.0 Å². The van der Waals surface area contributed by atoms with E-state index in [0.717, 1.165) is 43.5 Å². The van der Waals surface area contributed by atoms with Crippen molar-refractivity contribution < 1.29 is 23.2 Å². The molecule has 7 nitrogen and oxygen atoms in total. The van der Waals surface area contributed by atoms with Crippen molar-refractivity contribution in [1.82, 2.24) is 15.5 Å². The summed E-state index contributed by atoms with van der Waals surface area (Å²) in [6, 6.07) is 5.83. The second-order valence-electron chi connectivity index (χ2n) is 11.4. The van der Waals surface area contributed by atoms with E-state index >= 15 is 0 Å². The molecule has 1 aromatic carbocycles. The molecule has 1 saturated heterocycles. The van der Waals surface area contributed by atoms with E-state index in [9.17, 15) is 23.2 Å². The Labute approximate surface area is 210 Å². The summed E-state index contributed by atoms with van der Waals surface area (Å²) < 4.78 is 26.5. The van der Waals surface area contributed by atoms with E-state index in [0.29, 0.717) is 30.5 Å². The summed E-state index contributed by atoms with van der Waals surface area (Å²) in [6.07, 6.45) is 6.85. The van der Waals surface area contributed by atoms with Crippen LogP contribution in [0.5, 0.6) is 0 Å². The number of anilines is 1. The standard InChI is InChI=1S/C27H34F2N4O3/c28-27(29)12-18(13-27)30-17-6-8-19(9-7-17)32(14-16-4-5-16)22-3-1-2-20-21(22)15-33(26(20)36)23-10-11-24(34)31-25(23)35/h1-3,16-19,23,30H,4-15H2,(H,31,34,35). The Hall–Kier alpha value is -2.55. The number of imide groups is 1. The molecule has 1 atom stereocenters. The predicted molar refractivity (Wildman–Crippen MR) is 130 cm³/mol. The van der Waals surface area contributed by atoms with Crippen molar-refractivity contribution in [2.24, 2.45) is 5.92 Å². The van der Waals surface area contributed by atoms with Crippen molar-refractivity contribution >= 4 is 23.4 Å². The van der Waals surface area contributed by atoms with E-state index in [2.05, 4.69) is 21.6 Å². The van der Waals surface area contributed by atoms with Crippen molar-refractivity contribution in [3.05, 3.63) is 29.3 Å². The number of nitrogens with zero attached hydrogens (tertiary/aromatic N) is 2. The lowest BCUT2D eigenvalue weighted by Gasteiger charge is -2.43. The molecule has 2 heterocycles. The van der Waals surface area contributed by atoms with Crippen molar-refractivity contribution in [2.45, 2.75) is 101 Å². The Bertz CT molecular complexity index is 1060. The highest BCUT2D eigenvalue weighted by Gasteiger charge is 2.46. The molecule has 0 spiro atoms. The van der Waals surface area contributed by atoms with E-state index in [1.54, 1.807) is 4.90 Å². The smallest absolute Gasteiger partial charge is 0.255 e. The van der Waals surface area contributed by atoms with Gasteiger partial charge in [-0.1, -0.05) is 6.07 Å². The number of alkyl halides is 2. The van der Waals surface area contributed by atoms with E-state index in [4.69, 9.17) is 0 Å². The summed E-state index contributed by atoms with van der Waals surface area (Å²) in [6.45, 7) is 1.34. The Balaban J connectivity index is 1.17. The molecule has 0 aromatic heterocycles.